The number of amides is 1. The zero-order valence-corrected chi connectivity index (χ0v) is 9.77. The highest BCUT2D eigenvalue weighted by Gasteiger charge is 2.34. The number of carbonyl (C=O) groups is 1. The van der Waals surface area contributed by atoms with Gasteiger partial charge in [-0.1, -0.05) is 0 Å². The first-order valence-corrected chi connectivity index (χ1v) is 6.36. The third-order valence-corrected chi connectivity index (χ3v) is 3.96. The normalized spacial score (nSPS) is 34.6. The highest BCUT2D eigenvalue weighted by atomic mass is 16.3. The van der Waals surface area contributed by atoms with E-state index in [2.05, 4.69) is 0 Å². The topological polar surface area (TPSA) is 66.6 Å². The van der Waals surface area contributed by atoms with Crippen molar-refractivity contribution in [1.82, 2.24) is 4.90 Å². The van der Waals surface area contributed by atoms with Crippen LogP contribution in [-0.2, 0) is 4.79 Å². The monoisotopic (exact) mass is 226 g/mol. The molecule has 3 atom stereocenters. The van der Waals surface area contributed by atoms with Gasteiger partial charge in [0, 0.05) is 31.7 Å². The van der Waals surface area contributed by atoms with Crippen LogP contribution in [0.1, 0.15) is 32.1 Å². The van der Waals surface area contributed by atoms with Crippen LogP contribution in [0.4, 0.5) is 0 Å². The lowest BCUT2D eigenvalue weighted by Gasteiger charge is -2.20. The van der Waals surface area contributed by atoms with Gasteiger partial charge in [-0.15, -0.1) is 0 Å². The fraction of sp³-hybridized carbons (Fsp3) is 0.917. The van der Waals surface area contributed by atoms with Crippen LogP contribution in [0.5, 0.6) is 0 Å². The van der Waals surface area contributed by atoms with Gasteiger partial charge in [0.25, 0.3) is 0 Å². The van der Waals surface area contributed by atoms with Crippen molar-refractivity contribution in [2.45, 2.75) is 38.1 Å². The summed E-state index contributed by atoms with van der Waals surface area (Å²) in [7, 11) is 0. The number of aliphatic hydroxyl groups is 1. The zero-order valence-electron chi connectivity index (χ0n) is 9.77. The molecule has 4 heteroatoms. The molecule has 2 rings (SSSR count). The summed E-state index contributed by atoms with van der Waals surface area (Å²) >= 11 is 0. The molecule has 1 heterocycles. The van der Waals surface area contributed by atoms with Crippen LogP contribution in [-0.4, -0.2) is 41.7 Å². The van der Waals surface area contributed by atoms with Gasteiger partial charge >= 0.3 is 0 Å². The minimum atomic E-state index is 0.169. The number of nitrogens with zero attached hydrogens (tertiary/aromatic N) is 1. The fourth-order valence-corrected chi connectivity index (χ4v) is 2.95. The van der Waals surface area contributed by atoms with Gasteiger partial charge in [0.1, 0.15) is 0 Å². The maximum Gasteiger partial charge on any atom is 0.225 e. The average Bonchev–Trinajstić information content (AvgIpc) is 2.87. The molecular weight excluding hydrogens is 204 g/mol. The second kappa shape index (κ2) is 5.15. The van der Waals surface area contributed by atoms with Crippen LogP contribution in [0.25, 0.3) is 0 Å². The van der Waals surface area contributed by atoms with Crippen molar-refractivity contribution in [1.29, 1.82) is 0 Å². The lowest BCUT2D eigenvalue weighted by atomic mass is 10.1. The molecular formula is C12H22N2O2. The van der Waals surface area contributed by atoms with Gasteiger partial charge < -0.3 is 15.7 Å². The predicted octanol–water partition coefficient (Wildman–Crippen LogP) is 0.345. The largest absolute Gasteiger partial charge is 0.396 e. The smallest absolute Gasteiger partial charge is 0.225 e. The van der Waals surface area contributed by atoms with E-state index in [1.54, 1.807) is 0 Å². The number of hydrogen-bond donors (Lipinski definition) is 2. The van der Waals surface area contributed by atoms with E-state index in [0.717, 1.165) is 45.2 Å². The van der Waals surface area contributed by atoms with E-state index in [9.17, 15) is 4.79 Å². The van der Waals surface area contributed by atoms with E-state index < -0.39 is 0 Å². The molecule has 92 valence electrons. The van der Waals surface area contributed by atoms with Gasteiger partial charge in [0.15, 0.2) is 0 Å². The second-order valence-corrected chi connectivity index (χ2v) is 5.22. The molecule has 0 aromatic heterocycles. The van der Waals surface area contributed by atoms with Crippen molar-refractivity contribution in [3.05, 3.63) is 0 Å². The molecule has 1 aliphatic carbocycles. The summed E-state index contributed by atoms with van der Waals surface area (Å²) in [5.41, 5.74) is 5.83. The van der Waals surface area contributed by atoms with Crippen LogP contribution in [0.15, 0.2) is 0 Å². The predicted molar refractivity (Wildman–Crippen MR) is 61.7 cm³/mol. The Balaban J connectivity index is 1.82. The summed E-state index contributed by atoms with van der Waals surface area (Å²) < 4.78 is 0. The molecule has 3 N–H and O–H groups in total. The van der Waals surface area contributed by atoms with E-state index in [-0.39, 0.29) is 18.6 Å². The lowest BCUT2D eigenvalue weighted by Crippen LogP contribution is -2.34. The zero-order chi connectivity index (χ0) is 11.5. The van der Waals surface area contributed by atoms with Gasteiger partial charge in [-0.3, -0.25) is 4.79 Å². The van der Waals surface area contributed by atoms with Crippen molar-refractivity contribution in [2.75, 3.05) is 19.7 Å². The van der Waals surface area contributed by atoms with Crippen molar-refractivity contribution in [3.63, 3.8) is 0 Å². The SMILES string of the molecule is NC1CCC(C(=O)N2CCC(CCO)C2)C1. The summed E-state index contributed by atoms with van der Waals surface area (Å²) in [6.45, 7) is 1.95. The van der Waals surface area contributed by atoms with Crippen LogP contribution in [0.3, 0.4) is 0 Å². The molecule has 2 aliphatic rings. The first-order chi connectivity index (χ1) is 7.70. The van der Waals surface area contributed by atoms with E-state index in [4.69, 9.17) is 10.8 Å². The molecule has 16 heavy (non-hydrogen) atoms. The maximum absolute atomic E-state index is 12.2. The molecule has 3 unspecified atom stereocenters. The van der Waals surface area contributed by atoms with E-state index in [1.807, 2.05) is 4.90 Å². The lowest BCUT2D eigenvalue weighted by molar-refractivity contribution is -0.134. The Hall–Kier alpha value is -0.610. The van der Waals surface area contributed by atoms with Crippen molar-refractivity contribution in [2.24, 2.45) is 17.6 Å². The summed E-state index contributed by atoms with van der Waals surface area (Å²) in [5.74, 6) is 0.972. The molecule has 1 aliphatic heterocycles. The van der Waals surface area contributed by atoms with Gasteiger partial charge in [-0.25, -0.2) is 0 Å². The molecule has 0 aromatic carbocycles. The number of rotatable bonds is 3. The van der Waals surface area contributed by atoms with Crippen molar-refractivity contribution in [3.8, 4) is 0 Å². The molecule has 0 bridgehead atoms. The van der Waals surface area contributed by atoms with Crippen LogP contribution in [0, 0.1) is 11.8 Å². The molecule has 4 nitrogen and oxygen atoms in total. The molecule has 1 saturated heterocycles. The Morgan fingerprint density at radius 3 is 2.81 bits per heavy atom. The van der Waals surface area contributed by atoms with Gasteiger partial charge in [-0.05, 0) is 38.0 Å². The molecule has 2 fully saturated rings. The Morgan fingerprint density at radius 1 is 1.38 bits per heavy atom. The molecule has 1 amide bonds. The number of carbonyl (C=O) groups excluding carboxylic acids is 1. The Morgan fingerprint density at radius 2 is 2.19 bits per heavy atom. The maximum atomic E-state index is 12.2. The van der Waals surface area contributed by atoms with E-state index in [1.165, 1.54) is 0 Å². The third kappa shape index (κ3) is 2.55. The molecule has 0 spiro atoms. The van der Waals surface area contributed by atoms with E-state index in [0.29, 0.717) is 11.8 Å². The summed E-state index contributed by atoms with van der Waals surface area (Å²) in [5, 5.41) is 8.88. The minimum absolute atomic E-state index is 0.169. The quantitative estimate of drug-likeness (QED) is 0.729. The van der Waals surface area contributed by atoms with Crippen molar-refractivity contribution >= 4 is 5.91 Å². The summed E-state index contributed by atoms with van der Waals surface area (Å²) in [4.78, 5) is 14.1. The molecule has 0 aromatic rings. The molecule has 0 radical (unpaired) electrons. The van der Waals surface area contributed by atoms with Crippen LogP contribution >= 0.6 is 0 Å². The number of likely N-dealkylation sites (tertiary alicyclic amines) is 1. The van der Waals surface area contributed by atoms with Crippen molar-refractivity contribution < 1.29 is 9.90 Å². The average molecular weight is 226 g/mol. The Labute approximate surface area is 96.8 Å². The van der Waals surface area contributed by atoms with Gasteiger partial charge in [-0.2, -0.15) is 0 Å². The van der Waals surface area contributed by atoms with Gasteiger partial charge in [0.05, 0.1) is 0 Å². The van der Waals surface area contributed by atoms with Gasteiger partial charge in [0.2, 0.25) is 5.91 Å². The Bertz CT molecular complexity index is 257. The highest BCUT2D eigenvalue weighted by Crippen LogP contribution is 2.28. The standard InChI is InChI=1S/C12H22N2O2/c13-11-2-1-10(7-11)12(16)14-5-3-9(8-14)4-6-15/h9-11,15H,1-8,13H2. The first-order valence-electron chi connectivity index (χ1n) is 6.36. The van der Waals surface area contributed by atoms with Crippen LogP contribution < -0.4 is 5.73 Å². The number of hydrogen-bond acceptors (Lipinski definition) is 3. The fourth-order valence-electron chi connectivity index (χ4n) is 2.95. The number of aliphatic hydroxyl groups excluding tert-OH is 1. The highest BCUT2D eigenvalue weighted by molar-refractivity contribution is 5.79. The Kier molecular flexibility index (Phi) is 3.82. The minimum Gasteiger partial charge on any atom is -0.396 e. The number of nitrogens with two attached hydrogens (primary N) is 1. The molecule has 1 saturated carbocycles. The second-order valence-electron chi connectivity index (χ2n) is 5.22. The first kappa shape index (κ1) is 11.9. The van der Waals surface area contributed by atoms with E-state index >= 15 is 0 Å². The summed E-state index contributed by atoms with van der Waals surface area (Å²) in [6, 6.07) is 0.227. The van der Waals surface area contributed by atoms with Crippen LogP contribution in [0.2, 0.25) is 0 Å². The third-order valence-electron chi connectivity index (χ3n) is 3.96. The summed E-state index contributed by atoms with van der Waals surface area (Å²) in [6.07, 6.45) is 4.69.